The number of nitrogens with one attached hydrogen (secondary N) is 1. The molecule has 0 spiro atoms. The van der Waals surface area contributed by atoms with E-state index < -0.39 is 24.1 Å². The molecule has 0 aliphatic carbocycles. The van der Waals surface area contributed by atoms with E-state index in [1.807, 2.05) is 0 Å². The fourth-order valence-electron chi connectivity index (χ4n) is 2.85. The van der Waals surface area contributed by atoms with Gasteiger partial charge in [0.1, 0.15) is 11.6 Å². The molecule has 1 N–H and O–H groups in total. The van der Waals surface area contributed by atoms with E-state index in [1.54, 1.807) is 12.1 Å². The first-order valence-corrected chi connectivity index (χ1v) is 8.46. The number of carbonyl (C=O) groups is 1. The Labute approximate surface area is 163 Å². The first-order valence-electron chi connectivity index (χ1n) is 8.46. The van der Waals surface area contributed by atoms with Gasteiger partial charge >= 0.3 is 6.36 Å². The number of fused-ring (bicyclic) bond motifs is 1. The molecule has 5 nitrogen and oxygen atoms in total. The molecule has 0 saturated carbocycles. The molecule has 1 aromatic heterocycles. The maximum Gasteiger partial charge on any atom is 0.573 e. The predicted octanol–water partition coefficient (Wildman–Crippen LogP) is 4.39. The van der Waals surface area contributed by atoms with Crippen LogP contribution in [0, 0.1) is 5.82 Å². The minimum Gasteiger partial charge on any atom is -0.406 e. The number of nitrogens with zero attached hydrogens (tertiary/aromatic N) is 1. The van der Waals surface area contributed by atoms with Crippen LogP contribution in [0.1, 0.15) is 22.0 Å². The van der Waals surface area contributed by atoms with Gasteiger partial charge in [-0.1, -0.05) is 18.2 Å². The number of rotatable bonds is 6. The van der Waals surface area contributed by atoms with Crippen molar-refractivity contribution in [2.24, 2.45) is 0 Å². The molecule has 0 bridgehead atoms. The van der Waals surface area contributed by atoms with Crippen LogP contribution < -0.4 is 10.1 Å². The van der Waals surface area contributed by atoms with Crippen molar-refractivity contribution in [1.29, 1.82) is 0 Å². The summed E-state index contributed by atoms with van der Waals surface area (Å²) in [6, 6.07) is 9.96. The van der Waals surface area contributed by atoms with Crippen molar-refractivity contribution in [2.75, 3.05) is 13.7 Å². The van der Waals surface area contributed by atoms with Crippen LogP contribution in [0.5, 0.6) is 5.75 Å². The van der Waals surface area contributed by atoms with Gasteiger partial charge in [0.2, 0.25) is 0 Å². The second-order valence-electron chi connectivity index (χ2n) is 6.13. The lowest BCUT2D eigenvalue weighted by Crippen LogP contribution is -2.31. The van der Waals surface area contributed by atoms with Gasteiger partial charge < -0.3 is 14.8 Å². The molecule has 1 heterocycles. The lowest BCUT2D eigenvalue weighted by atomic mass is 10.1. The fourth-order valence-corrected chi connectivity index (χ4v) is 2.85. The zero-order chi connectivity index (χ0) is 21.0. The van der Waals surface area contributed by atoms with E-state index in [0.29, 0.717) is 16.5 Å². The molecule has 0 radical (unpaired) electrons. The van der Waals surface area contributed by atoms with Gasteiger partial charge in [0.05, 0.1) is 23.7 Å². The summed E-state index contributed by atoms with van der Waals surface area (Å²) in [5, 5.41) is 3.17. The summed E-state index contributed by atoms with van der Waals surface area (Å²) in [6.45, 7) is 0.0475. The Morgan fingerprint density at radius 1 is 1.17 bits per heavy atom. The average Bonchev–Trinajstić information content (AvgIpc) is 2.66. The molecule has 1 unspecified atom stereocenters. The van der Waals surface area contributed by atoms with E-state index in [0.717, 1.165) is 18.2 Å². The van der Waals surface area contributed by atoms with Crippen LogP contribution in [0.25, 0.3) is 10.9 Å². The number of ether oxygens (including phenoxy) is 2. The molecule has 0 fully saturated rings. The maximum absolute atomic E-state index is 13.9. The van der Waals surface area contributed by atoms with Crippen LogP contribution in [0.4, 0.5) is 17.6 Å². The third kappa shape index (κ3) is 5.20. The first kappa shape index (κ1) is 20.5. The molecule has 1 atom stereocenters. The molecular weight excluding hydrogens is 392 g/mol. The summed E-state index contributed by atoms with van der Waals surface area (Å²) in [5.74, 6) is -1.57. The van der Waals surface area contributed by atoms with E-state index in [1.165, 1.54) is 31.5 Å². The van der Waals surface area contributed by atoms with Gasteiger partial charge in [0.25, 0.3) is 5.91 Å². The van der Waals surface area contributed by atoms with Crippen molar-refractivity contribution in [2.45, 2.75) is 12.4 Å². The van der Waals surface area contributed by atoms with Gasteiger partial charge in [-0.3, -0.25) is 9.78 Å². The van der Waals surface area contributed by atoms with Crippen LogP contribution in [0.15, 0.2) is 54.7 Å². The molecule has 1 amide bonds. The van der Waals surface area contributed by atoms with E-state index >= 15 is 0 Å². The first-order chi connectivity index (χ1) is 13.8. The lowest BCUT2D eigenvalue weighted by molar-refractivity contribution is -0.274. The monoisotopic (exact) mass is 408 g/mol. The lowest BCUT2D eigenvalue weighted by Gasteiger charge is -2.19. The SMILES string of the molecule is COCC(NC(=O)c1cc(F)cc2cccnc12)c1ccc(OC(F)(F)F)cc1. The molecule has 0 saturated heterocycles. The van der Waals surface area contributed by atoms with Crippen molar-refractivity contribution >= 4 is 16.8 Å². The Hall–Kier alpha value is -3.20. The normalized spacial score (nSPS) is 12.6. The summed E-state index contributed by atoms with van der Waals surface area (Å²) >= 11 is 0. The average molecular weight is 408 g/mol. The Bertz CT molecular complexity index is 1010. The van der Waals surface area contributed by atoms with Gasteiger partial charge in [0, 0.05) is 18.7 Å². The van der Waals surface area contributed by atoms with Crippen LogP contribution in [-0.2, 0) is 4.74 Å². The third-order valence-electron chi connectivity index (χ3n) is 4.07. The Kier molecular flexibility index (Phi) is 5.97. The topological polar surface area (TPSA) is 60.5 Å². The Balaban J connectivity index is 1.85. The molecule has 9 heteroatoms. The van der Waals surface area contributed by atoms with Gasteiger partial charge in [-0.15, -0.1) is 13.2 Å². The highest BCUT2D eigenvalue weighted by Gasteiger charge is 2.31. The highest BCUT2D eigenvalue weighted by Crippen LogP contribution is 2.25. The number of methoxy groups -OCH3 is 1. The number of carbonyl (C=O) groups excluding carboxylic acids is 1. The number of halogens is 4. The smallest absolute Gasteiger partial charge is 0.406 e. The van der Waals surface area contributed by atoms with Crippen molar-refractivity contribution < 1.29 is 31.8 Å². The molecule has 3 rings (SSSR count). The van der Waals surface area contributed by atoms with Crippen molar-refractivity contribution in [3.8, 4) is 5.75 Å². The number of pyridine rings is 1. The van der Waals surface area contributed by atoms with Gasteiger partial charge in [-0.05, 0) is 35.9 Å². The number of hydrogen-bond acceptors (Lipinski definition) is 4. The van der Waals surface area contributed by atoms with E-state index in [-0.39, 0.29) is 17.9 Å². The number of hydrogen-bond donors (Lipinski definition) is 1. The van der Waals surface area contributed by atoms with Crippen molar-refractivity contribution in [3.63, 3.8) is 0 Å². The highest BCUT2D eigenvalue weighted by atomic mass is 19.4. The van der Waals surface area contributed by atoms with Crippen LogP contribution in [0.3, 0.4) is 0 Å². The van der Waals surface area contributed by atoms with Gasteiger partial charge in [-0.2, -0.15) is 0 Å². The Morgan fingerprint density at radius 3 is 2.55 bits per heavy atom. The molecule has 0 aliphatic rings. The highest BCUT2D eigenvalue weighted by molar-refractivity contribution is 6.05. The van der Waals surface area contributed by atoms with E-state index in [4.69, 9.17) is 4.74 Å². The second kappa shape index (κ2) is 8.44. The Morgan fingerprint density at radius 2 is 1.90 bits per heavy atom. The van der Waals surface area contributed by atoms with Gasteiger partial charge in [-0.25, -0.2) is 4.39 Å². The summed E-state index contributed by atoms with van der Waals surface area (Å²) in [4.78, 5) is 16.9. The summed E-state index contributed by atoms with van der Waals surface area (Å²) in [7, 11) is 1.42. The number of alkyl halides is 3. The number of aromatic nitrogens is 1. The molecular formula is C20H16F4N2O3. The largest absolute Gasteiger partial charge is 0.573 e. The molecule has 152 valence electrons. The fraction of sp³-hybridized carbons (Fsp3) is 0.200. The predicted molar refractivity (Wildman–Crippen MR) is 96.9 cm³/mol. The zero-order valence-electron chi connectivity index (χ0n) is 15.2. The summed E-state index contributed by atoms with van der Waals surface area (Å²) in [6.07, 6.45) is -3.31. The van der Waals surface area contributed by atoms with Crippen LogP contribution in [0.2, 0.25) is 0 Å². The summed E-state index contributed by atoms with van der Waals surface area (Å²) < 4.78 is 59.8. The minimum absolute atomic E-state index is 0.0405. The standard InChI is InChI=1S/C20H16F4N2O3/c1-28-11-17(12-4-6-15(7-5-12)29-20(22,23)24)26-19(27)16-10-14(21)9-13-3-2-8-25-18(13)16/h2-10,17H,11H2,1H3,(H,26,27). The zero-order valence-corrected chi connectivity index (χ0v) is 15.2. The summed E-state index contributed by atoms with van der Waals surface area (Å²) in [5.41, 5.74) is 0.860. The number of benzene rings is 2. The molecule has 2 aromatic carbocycles. The van der Waals surface area contributed by atoms with Gasteiger partial charge in [0.15, 0.2) is 0 Å². The van der Waals surface area contributed by atoms with E-state index in [9.17, 15) is 22.4 Å². The van der Waals surface area contributed by atoms with Crippen LogP contribution >= 0.6 is 0 Å². The quantitative estimate of drug-likeness (QED) is 0.615. The number of amides is 1. The minimum atomic E-state index is -4.80. The molecule has 0 aliphatic heterocycles. The third-order valence-corrected chi connectivity index (χ3v) is 4.07. The second-order valence-corrected chi connectivity index (χ2v) is 6.13. The molecule has 3 aromatic rings. The van der Waals surface area contributed by atoms with Crippen molar-refractivity contribution in [1.82, 2.24) is 10.3 Å². The van der Waals surface area contributed by atoms with E-state index in [2.05, 4.69) is 15.0 Å². The van der Waals surface area contributed by atoms with Crippen LogP contribution in [-0.4, -0.2) is 31.0 Å². The maximum atomic E-state index is 13.9. The van der Waals surface area contributed by atoms with Crippen molar-refractivity contribution in [3.05, 3.63) is 71.7 Å². The molecule has 29 heavy (non-hydrogen) atoms.